The van der Waals surface area contributed by atoms with Crippen molar-refractivity contribution in [3.63, 3.8) is 0 Å². The first-order chi connectivity index (χ1) is 8.35. The van der Waals surface area contributed by atoms with Crippen molar-refractivity contribution in [3.8, 4) is 0 Å². The van der Waals surface area contributed by atoms with E-state index in [9.17, 15) is 8.78 Å². The van der Waals surface area contributed by atoms with E-state index in [2.05, 4.69) is 20.6 Å². The van der Waals surface area contributed by atoms with Gasteiger partial charge in [0.2, 0.25) is 5.96 Å². The van der Waals surface area contributed by atoms with Gasteiger partial charge in [0, 0.05) is 11.8 Å². The van der Waals surface area contributed by atoms with Gasteiger partial charge in [0.25, 0.3) is 0 Å². The van der Waals surface area contributed by atoms with E-state index in [1.165, 1.54) is 6.07 Å². The summed E-state index contributed by atoms with van der Waals surface area (Å²) in [5, 5.41) is 5.51. The van der Waals surface area contributed by atoms with E-state index in [1.807, 2.05) is 0 Å². The molecule has 104 valence electrons. The van der Waals surface area contributed by atoms with Crippen molar-refractivity contribution < 1.29 is 8.78 Å². The SMILES string of the molecule is CC1(C)N=C(N)NC(Nc2ccc(F)c(F)c2)=N1.Cl. The molecule has 1 heterocycles. The number of halogens is 3. The lowest BCUT2D eigenvalue weighted by molar-refractivity contribution is 0.509. The summed E-state index contributed by atoms with van der Waals surface area (Å²) >= 11 is 0. The minimum absolute atomic E-state index is 0. The first-order valence-electron chi connectivity index (χ1n) is 5.30. The van der Waals surface area contributed by atoms with Crippen LogP contribution in [0.1, 0.15) is 13.8 Å². The minimum atomic E-state index is -0.933. The zero-order valence-electron chi connectivity index (χ0n) is 10.4. The van der Waals surface area contributed by atoms with Crippen LogP contribution in [-0.4, -0.2) is 17.6 Å². The Morgan fingerprint density at radius 2 is 1.89 bits per heavy atom. The van der Waals surface area contributed by atoms with E-state index in [4.69, 9.17) is 5.73 Å². The van der Waals surface area contributed by atoms with Crippen LogP contribution in [-0.2, 0) is 0 Å². The molecule has 0 fully saturated rings. The monoisotopic (exact) mass is 289 g/mol. The number of aliphatic imine (C=N–C) groups is 2. The van der Waals surface area contributed by atoms with Crippen LogP contribution >= 0.6 is 12.4 Å². The summed E-state index contributed by atoms with van der Waals surface area (Å²) in [6.07, 6.45) is 0. The molecule has 0 saturated carbocycles. The highest BCUT2D eigenvalue weighted by Gasteiger charge is 2.21. The van der Waals surface area contributed by atoms with E-state index in [-0.39, 0.29) is 18.4 Å². The second-order valence-corrected chi connectivity index (χ2v) is 4.33. The molecule has 1 aliphatic rings. The highest BCUT2D eigenvalue weighted by Crippen LogP contribution is 2.16. The molecule has 0 amide bonds. The Hall–Kier alpha value is -1.89. The molecule has 1 aromatic rings. The summed E-state index contributed by atoms with van der Waals surface area (Å²) in [5.74, 6) is -1.30. The van der Waals surface area contributed by atoms with Gasteiger partial charge in [-0.05, 0) is 26.0 Å². The van der Waals surface area contributed by atoms with Crippen LogP contribution in [0.4, 0.5) is 14.5 Å². The standard InChI is InChI=1S/C11H13F2N5.ClH/c1-11(2)17-9(14)16-10(18-11)15-6-3-4-7(12)8(13)5-6;/h3-5H,1-2H3,(H4,14,15,16,17,18);1H. The molecule has 5 nitrogen and oxygen atoms in total. The van der Waals surface area contributed by atoms with Gasteiger partial charge >= 0.3 is 0 Å². The van der Waals surface area contributed by atoms with Crippen LogP contribution in [0.15, 0.2) is 28.2 Å². The molecule has 1 aromatic carbocycles. The molecule has 0 atom stereocenters. The lowest BCUT2D eigenvalue weighted by Gasteiger charge is -2.24. The fraction of sp³-hybridized carbons (Fsp3) is 0.273. The molecule has 2 rings (SSSR count). The summed E-state index contributed by atoms with van der Waals surface area (Å²) in [6.45, 7) is 3.54. The summed E-state index contributed by atoms with van der Waals surface area (Å²) in [5.41, 5.74) is 5.26. The number of rotatable bonds is 1. The van der Waals surface area contributed by atoms with Crippen LogP contribution in [0.2, 0.25) is 0 Å². The number of nitrogens with zero attached hydrogens (tertiary/aromatic N) is 2. The summed E-state index contributed by atoms with van der Waals surface area (Å²) < 4.78 is 25.8. The lowest BCUT2D eigenvalue weighted by Crippen LogP contribution is -2.47. The van der Waals surface area contributed by atoms with Crippen LogP contribution < -0.4 is 16.4 Å². The molecular formula is C11H14ClF2N5. The maximum Gasteiger partial charge on any atom is 0.205 e. The normalized spacial score (nSPS) is 16.6. The minimum Gasteiger partial charge on any atom is -0.370 e. The Kier molecular flexibility index (Phi) is 4.31. The number of anilines is 1. The Morgan fingerprint density at radius 3 is 2.47 bits per heavy atom. The van der Waals surface area contributed by atoms with Gasteiger partial charge in [-0.3, -0.25) is 5.32 Å². The number of guanidine groups is 2. The third kappa shape index (κ3) is 3.78. The van der Waals surface area contributed by atoms with E-state index < -0.39 is 17.3 Å². The Labute approximate surface area is 115 Å². The molecule has 0 unspecified atom stereocenters. The summed E-state index contributed by atoms with van der Waals surface area (Å²) in [7, 11) is 0. The van der Waals surface area contributed by atoms with Crippen LogP contribution in [0.5, 0.6) is 0 Å². The van der Waals surface area contributed by atoms with E-state index >= 15 is 0 Å². The molecule has 0 spiro atoms. The maximum absolute atomic E-state index is 13.0. The average Bonchev–Trinajstić information content (AvgIpc) is 2.20. The molecule has 0 aliphatic carbocycles. The first kappa shape index (κ1) is 15.2. The highest BCUT2D eigenvalue weighted by molar-refractivity contribution is 6.06. The zero-order valence-corrected chi connectivity index (χ0v) is 11.2. The average molecular weight is 290 g/mol. The van der Waals surface area contributed by atoms with Crippen LogP contribution in [0.3, 0.4) is 0 Å². The van der Waals surface area contributed by atoms with Crippen molar-refractivity contribution in [3.05, 3.63) is 29.8 Å². The molecule has 8 heteroatoms. The molecule has 0 bridgehead atoms. The number of nitrogens with two attached hydrogens (primary N) is 1. The molecule has 0 radical (unpaired) electrons. The van der Waals surface area contributed by atoms with Gasteiger partial charge in [-0.15, -0.1) is 12.4 Å². The van der Waals surface area contributed by atoms with Gasteiger partial charge < -0.3 is 11.1 Å². The van der Waals surface area contributed by atoms with Gasteiger partial charge in [0.05, 0.1) is 0 Å². The van der Waals surface area contributed by atoms with Gasteiger partial charge in [-0.1, -0.05) is 0 Å². The Balaban J connectivity index is 0.00000180. The molecule has 4 N–H and O–H groups in total. The predicted octanol–water partition coefficient (Wildman–Crippen LogP) is 1.81. The summed E-state index contributed by atoms with van der Waals surface area (Å²) in [6, 6.07) is 3.47. The lowest BCUT2D eigenvalue weighted by atomic mass is 10.2. The van der Waals surface area contributed by atoms with Gasteiger partial charge in [0.1, 0.15) is 0 Å². The Morgan fingerprint density at radius 1 is 1.21 bits per heavy atom. The third-order valence-corrected chi connectivity index (χ3v) is 2.21. The van der Waals surface area contributed by atoms with Gasteiger partial charge in [0.15, 0.2) is 23.3 Å². The van der Waals surface area contributed by atoms with E-state index in [0.717, 1.165) is 12.1 Å². The number of hydrogen-bond donors (Lipinski definition) is 3. The quantitative estimate of drug-likeness (QED) is 0.738. The number of nitrogens with one attached hydrogen (secondary N) is 2. The van der Waals surface area contributed by atoms with Crippen molar-refractivity contribution in [2.45, 2.75) is 19.5 Å². The third-order valence-electron chi connectivity index (χ3n) is 2.21. The topological polar surface area (TPSA) is 74.8 Å². The number of hydrogen-bond acceptors (Lipinski definition) is 5. The largest absolute Gasteiger partial charge is 0.370 e. The number of benzene rings is 1. The zero-order chi connectivity index (χ0) is 13.3. The van der Waals surface area contributed by atoms with Crippen molar-refractivity contribution in [1.82, 2.24) is 5.32 Å². The van der Waals surface area contributed by atoms with Gasteiger partial charge in [-0.2, -0.15) is 0 Å². The van der Waals surface area contributed by atoms with Crippen molar-refractivity contribution >= 4 is 30.0 Å². The molecular weight excluding hydrogens is 276 g/mol. The Bertz CT molecular complexity index is 542. The fourth-order valence-electron chi connectivity index (χ4n) is 1.54. The second-order valence-electron chi connectivity index (χ2n) is 4.33. The van der Waals surface area contributed by atoms with E-state index in [0.29, 0.717) is 11.6 Å². The van der Waals surface area contributed by atoms with Crippen molar-refractivity contribution in [2.75, 3.05) is 5.32 Å². The maximum atomic E-state index is 13.0. The molecule has 1 aliphatic heterocycles. The second kappa shape index (κ2) is 5.40. The highest BCUT2D eigenvalue weighted by atomic mass is 35.5. The molecule has 0 aromatic heterocycles. The fourth-order valence-corrected chi connectivity index (χ4v) is 1.54. The van der Waals surface area contributed by atoms with Crippen LogP contribution in [0.25, 0.3) is 0 Å². The van der Waals surface area contributed by atoms with Crippen molar-refractivity contribution in [2.24, 2.45) is 15.7 Å². The smallest absolute Gasteiger partial charge is 0.205 e. The molecule has 19 heavy (non-hydrogen) atoms. The van der Waals surface area contributed by atoms with Crippen LogP contribution in [0, 0.1) is 11.6 Å². The van der Waals surface area contributed by atoms with E-state index in [1.54, 1.807) is 13.8 Å². The summed E-state index contributed by atoms with van der Waals surface area (Å²) in [4.78, 5) is 8.28. The first-order valence-corrected chi connectivity index (χ1v) is 5.30. The predicted molar refractivity (Wildman–Crippen MR) is 73.5 cm³/mol. The van der Waals surface area contributed by atoms with Gasteiger partial charge in [-0.25, -0.2) is 18.8 Å². The van der Waals surface area contributed by atoms with Crippen molar-refractivity contribution in [1.29, 1.82) is 0 Å². The molecule has 0 saturated heterocycles.